The number of allylic oxidation sites excluding steroid dienone is 18. The maximum atomic E-state index is 12.9. The first-order valence-corrected chi connectivity index (χ1v) is 34.4. The van der Waals surface area contributed by atoms with Gasteiger partial charge in [-0.1, -0.05) is 291 Å². The summed E-state index contributed by atoms with van der Waals surface area (Å²) in [5.41, 5.74) is 0. The van der Waals surface area contributed by atoms with Gasteiger partial charge in [-0.3, -0.25) is 14.4 Å². The minimum absolute atomic E-state index is 0.0903. The van der Waals surface area contributed by atoms with Crippen molar-refractivity contribution in [2.75, 3.05) is 13.2 Å². The second-order valence-electron chi connectivity index (χ2n) is 22.7. The monoisotopic (exact) mass is 1120 g/mol. The first-order valence-electron chi connectivity index (χ1n) is 34.4. The lowest BCUT2D eigenvalue weighted by molar-refractivity contribution is -0.167. The number of rotatable bonds is 62. The van der Waals surface area contributed by atoms with E-state index in [-0.39, 0.29) is 31.1 Å². The van der Waals surface area contributed by atoms with Gasteiger partial charge in [-0.15, -0.1) is 0 Å². The quantitative estimate of drug-likeness (QED) is 0.0261. The van der Waals surface area contributed by atoms with E-state index in [9.17, 15) is 14.4 Å². The molecule has 0 aliphatic heterocycles. The zero-order valence-electron chi connectivity index (χ0n) is 53.3. The van der Waals surface area contributed by atoms with Crippen molar-refractivity contribution in [1.29, 1.82) is 0 Å². The fraction of sp³-hybridized carbons (Fsp3) is 0.720. The van der Waals surface area contributed by atoms with Gasteiger partial charge in [-0.25, -0.2) is 0 Å². The van der Waals surface area contributed by atoms with Crippen LogP contribution in [0.3, 0.4) is 0 Å². The summed E-state index contributed by atoms with van der Waals surface area (Å²) in [6.07, 6.45) is 93.9. The largest absolute Gasteiger partial charge is 0.462 e. The van der Waals surface area contributed by atoms with E-state index in [1.165, 1.54) is 154 Å². The molecule has 0 rings (SSSR count). The summed E-state index contributed by atoms with van der Waals surface area (Å²) < 4.78 is 16.9. The molecule has 6 heteroatoms. The molecule has 0 aliphatic carbocycles. The van der Waals surface area contributed by atoms with Gasteiger partial charge in [-0.05, 0) is 128 Å². The summed E-state index contributed by atoms with van der Waals surface area (Å²) in [6.45, 7) is 6.51. The number of hydrogen-bond donors (Lipinski definition) is 0. The van der Waals surface area contributed by atoms with Gasteiger partial charge in [0.2, 0.25) is 0 Å². The number of carbonyl (C=O) groups excluding carboxylic acids is 3. The molecular formula is C75H128O6. The molecule has 1 atom stereocenters. The highest BCUT2D eigenvalue weighted by atomic mass is 16.6. The molecule has 0 saturated carbocycles. The van der Waals surface area contributed by atoms with E-state index in [2.05, 4.69) is 130 Å². The minimum Gasteiger partial charge on any atom is -0.462 e. The minimum atomic E-state index is -0.797. The highest BCUT2D eigenvalue weighted by molar-refractivity contribution is 5.71. The zero-order chi connectivity index (χ0) is 58.5. The second kappa shape index (κ2) is 68.6. The fourth-order valence-corrected chi connectivity index (χ4v) is 9.59. The van der Waals surface area contributed by atoms with Gasteiger partial charge in [0.05, 0.1) is 0 Å². The summed E-state index contributed by atoms with van der Waals surface area (Å²) in [6, 6.07) is 0. The summed E-state index contributed by atoms with van der Waals surface area (Å²) in [5, 5.41) is 0. The molecule has 6 nitrogen and oxygen atoms in total. The van der Waals surface area contributed by atoms with Gasteiger partial charge in [0.25, 0.3) is 0 Å². The highest BCUT2D eigenvalue weighted by Crippen LogP contribution is 2.16. The van der Waals surface area contributed by atoms with Crippen molar-refractivity contribution in [3.05, 3.63) is 109 Å². The van der Waals surface area contributed by atoms with Crippen LogP contribution in [-0.2, 0) is 28.6 Å². The van der Waals surface area contributed by atoms with Crippen LogP contribution in [0.1, 0.15) is 329 Å². The molecule has 1 unspecified atom stereocenters. The SMILES string of the molecule is CC/C=C\C/C=C\C/C=C\CCCCCCCC(=O)OCC(COC(=O)CCCCCCCCCCCCCC/C=C\C/C=C\C/C=C\CCCCCCC)OC(=O)CCCCCCCC/C=C\C/C=C\C/C=C\CCCCCCC. The molecule has 0 amide bonds. The molecule has 0 radical (unpaired) electrons. The maximum absolute atomic E-state index is 12.9. The third kappa shape index (κ3) is 66.8. The zero-order valence-corrected chi connectivity index (χ0v) is 53.3. The number of hydrogen-bond acceptors (Lipinski definition) is 6. The van der Waals surface area contributed by atoms with E-state index in [1.807, 2.05) is 0 Å². The predicted molar refractivity (Wildman–Crippen MR) is 353 cm³/mol. The van der Waals surface area contributed by atoms with Crippen molar-refractivity contribution in [2.24, 2.45) is 0 Å². The lowest BCUT2D eigenvalue weighted by Crippen LogP contribution is -2.30. The van der Waals surface area contributed by atoms with E-state index in [4.69, 9.17) is 14.2 Å². The molecular weight excluding hydrogens is 997 g/mol. The van der Waals surface area contributed by atoms with Crippen LogP contribution in [0.15, 0.2) is 109 Å². The van der Waals surface area contributed by atoms with Gasteiger partial charge in [0.15, 0.2) is 6.10 Å². The smallest absolute Gasteiger partial charge is 0.306 e. The van der Waals surface area contributed by atoms with Crippen LogP contribution in [0.5, 0.6) is 0 Å². The van der Waals surface area contributed by atoms with E-state index < -0.39 is 6.10 Å². The Morgan fingerprint density at radius 3 is 0.753 bits per heavy atom. The normalized spacial score (nSPS) is 12.8. The Morgan fingerprint density at radius 1 is 0.259 bits per heavy atom. The van der Waals surface area contributed by atoms with Crippen molar-refractivity contribution in [3.63, 3.8) is 0 Å². The Hall–Kier alpha value is -3.93. The molecule has 464 valence electrons. The molecule has 0 aliphatic rings. The molecule has 0 aromatic carbocycles. The summed E-state index contributed by atoms with van der Waals surface area (Å²) in [5.74, 6) is -0.912. The average molecular weight is 1130 g/mol. The van der Waals surface area contributed by atoms with Crippen LogP contribution in [-0.4, -0.2) is 37.2 Å². The topological polar surface area (TPSA) is 78.9 Å². The van der Waals surface area contributed by atoms with Crippen LogP contribution in [0.25, 0.3) is 0 Å². The number of ether oxygens (including phenoxy) is 3. The molecule has 0 aromatic heterocycles. The van der Waals surface area contributed by atoms with Gasteiger partial charge in [0, 0.05) is 19.3 Å². The first-order chi connectivity index (χ1) is 40.0. The third-order valence-electron chi connectivity index (χ3n) is 14.7. The van der Waals surface area contributed by atoms with Crippen LogP contribution in [0, 0.1) is 0 Å². The number of esters is 3. The molecule has 0 aromatic rings. The Bertz CT molecular complexity index is 1620. The van der Waals surface area contributed by atoms with Crippen molar-refractivity contribution in [1.82, 2.24) is 0 Å². The van der Waals surface area contributed by atoms with E-state index >= 15 is 0 Å². The summed E-state index contributed by atoms with van der Waals surface area (Å²) in [7, 11) is 0. The Labute approximate surface area is 501 Å². The molecule has 0 spiro atoms. The third-order valence-corrected chi connectivity index (χ3v) is 14.7. The molecule has 0 bridgehead atoms. The Balaban J connectivity index is 4.36. The van der Waals surface area contributed by atoms with E-state index in [1.54, 1.807) is 0 Å². The van der Waals surface area contributed by atoms with Crippen LogP contribution in [0.4, 0.5) is 0 Å². The second-order valence-corrected chi connectivity index (χ2v) is 22.7. The average Bonchev–Trinajstić information content (AvgIpc) is 3.47. The van der Waals surface area contributed by atoms with Gasteiger partial charge >= 0.3 is 17.9 Å². The standard InChI is InChI=1S/C75H128O6/c1-4-7-10-13-16-19-22-25-28-30-32-34-35-36-37-38-39-41-42-44-47-50-53-56-59-62-65-68-74(77)80-71-72(70-79-73(76)67-64-61-58-55-52-49-46-27-24-21-18-15-12-9-6-3)81-75(78)69-66-63-60-57-54-51-48-45-43-40-33-31-29-26-23-20-17-14-11-8-5-2/h9,12,18,21-23,25-27,30-33,35-36,43,45-46,72H,4-8,10-11,13-17,19-20,24,28-29,34,37-42,44,47-71H2,1-3H3/b12-9-,21-18-,25-22-,26-23-,32-30-,33-31-,36-35-,45-43-,46-27-. The maximum Gasteiger partial charge on any atom is 0.306 e. The summed E-state index contributed by atoms with van der Waals surface area (Å²) >= 11 is 0. The van der Waals surface area contributed by atoms with Gasteiger partial charge in [-0.2, -0.15) is 0 Å². The number of unbranched alkanes of at least 4 members (excludes halogenated alkanes) is 33. The van der Waals surface area contributed by atoms with E-state index in [0.29, 0.717) is 19.3 Å². The lowest BCUT2D eigenvalue weighted by Gasteiger charge is -2.18. The molecule has 0 fully saturated rings. The van der Waals surface area contributed by atoms with Crippen LogP contribution >= 0.6 is 0 Å². The van der Waals surface area contributed by atoms with Crippen molar-refractivity contribution in [2.45, 2.75) is 335 Å². The number of carbonyl (C=O) groups is 3. The van der Waals surface area contributed by atoms with Crippen molar-refractivity contribution < 1.29 is 28.6 Å². The molecule has 81 heavy (non-hydrogen) atoms. The van der Waals surface area contributed by atoms with Crippen molar-refractivity contribution >= 4 is 17.9 Å². The predicted octanol–water partition coefficient (Wildman–Crippen LogP) is 23.8. The molecule has 0 heterocycles. The first kappa shape index (κ1) is 77.1. The lowest BCUT2D eigenvalue weighted by atomic mass is 10.0. The van der Waals surface area contributed by atoms with Crippen LogP contribution in [0.2, 0.25) is 0 Å². The van der Waals surface area contributed by atoms with Crippen molar-refractivity contribution in [3.8, 4) is 0 Å². The fourth-order valence-electron chi connectivity index (χ4n) is 9.59. The van der Waals surface area contributed by atoms with E-state index in [0.717, 1.165) is 135 Å². The Kier molecular flexibility index (Phi) is 65.2. The summed E-state index contributed by atoms with van der Waals surface area (Å²) in [4.78, 5) is 38.4. The Morgan fingerprint density at radius 2 is 0.481 bits per heavy atom. The molecule has 0 saturated heterocycles. The van der Waals surface area contributed by atoms with Gasteiger partial charge < -0.3 is 14.2 Å². The molecule has 0 N–H and O–H groups in total. The van der Waals surface area contributed by atoms with Gasteiger partial charge in [0.1, 0.15) is 13.2 Å². The highest BCUT2D eigenvalue weighted by Gasteiger charge is 2.19. The van der Waals surface area contributed by atoms with Crippen LogP contribution < -0.4 is 0 Å².